The van der Waals surface area contributed by atoms with Crippen molar-refractivity contribution < 1.29 is 16.8 Å². The zero-order chi connectivity index (χ0) is 22.6. The normalized spacial score (nSPS) is 19.7. The Labute approximate surface area is 186 Å². The molecule has 0 aromatic heterocycles. The van der Waals surface area contributed by atoms with Gasteiger partial charge >= 0.3 is 0 Å². The maximum absolute atomic E-state index is 12.3. The first-order valence-corrected chi connectivity index (χ1v) is 14.1. The molecule has 31 heavy (non-hydrogen) atoms. The zero-order valence-electron chi connectivity index (χ0n) is 18.3. The summed E-state index contributed by atoms with van der Waals surface area (Å²) >= 11 is 0. The van der Waals surface area contributed by atoms with Crippen LogP contribution in [0.25, 0.3) is 11.1 Å². The molecule has 170 valence electrons. The highest BCUT2D eigenvalue weighted by atomic mass is 32.2. The van der Waals surface area contributed by atoms with E-state index in [4.69, 9.17) is 0 Å². The zero-order valence-corrected chi connectivity index (χ0v) is 20.0. The molecule has 0 heterocycles. The van der Waals surface area contributed by atoms with Crippen LogP contribution < -0.4 is 9.44 Å². The summed E-state index contributed by atoms with van der Waals surface area (Å²) in [7, 11) is -6.44. The SMILES string of the molecule is CC(C)S(=O)(=O)NC1CCCC1c1ccc(-c2ccc(CCNS(C)(=O)=O)cc2)cc1. The molecular formula is C23H32N2O4S2. The Morgan fingerprint density at radius 1 is 0.903 bits per heavy atom. The number of rotatable bonds is 9. The molecule has 1 fully saturated rings. The lowest BCUT2D eigenvalue weighted by molar-refractivity contribution is 0.519. The van der Waals surface area contributed by atoms with Crippen LogP contribution in [0.2, 0.25) is 0 Å². The molecule has 1 aliphatic carbocycles. The molecule has 1 saturated carbocycles. The fourth-order valence-electron chi connectivity index (χ4n) is 4.01. The van der Waals surface area contributed by atoms with Gasteiger partial charge in [-0.1, -0.05) is 55.0 Å². The molecule has 2 aromatic rings. The second-order valence-electron chi connectivity index (χ2n) is 8.59. The lowest BCUT2D eigenvalue weighted by atomic mass is 9.92. The van der Waals surface area contributed by atoms with Gasteiger partial charge in [-0.2, -0.15) is 0 Å². The third-order valence-corrected chi connectivity index (χ3v) is 8.46. The molecular weight excluding hydrogens is 432 g/mol. The quantitative estimate of drug-likeness (QED) is 0.595. The van der Waals surface area contributed by atoms with E-state index in [0.29, 0.717) is 13.0 Å². The second-order valence-corrected chi connectivity index (χ2v) is 12.7. The van der Waals surface area contributed by atoms with Gasteiger partial charge in [-0.15, -0.1) is 0 Å². The first kappa shape index (κ1) is 23.9. The summed E-state index contributed by atoms with van der Waals surface area (Å²) < 4.78 is 52.3. The van der Waals surface area contributed by atoms with Crippen molar-refractivity contribution in [2.24, 2.45) is 0 Å². The molecule has 2 N–H and O–H groups in total. The molecule has 2 aromatic carbocycles. The van der Waals surface area contributed by atoms with Gasteiger partial charge < -0.3 is 0 Å². The summed E-state index contributed by atoms with van der Waals surface area (Å²) in [5, 5.41) is -0.429. The Morgan fingerprint density at radius 3 is 2.03 bits per heavy atom. The van der Waals surface area contributed by atoms with E-state index in [-0.39, 0.29) is 12.0 Å². The highest BCUT2D eigenvalue weighted by Gasteiger charge is 2.32. The fraction of sp³-hybridized carbons (Fsp3) is 0.478. The van der Waals surface area contributed by atoms with E-state index in [1.807, 2.05) is 24.3 Å². The smallest absolute Gasteiger partial charge is 0.214 e. The van der Waals surface area contributed by atoms with E-state index in [9.17, 15) is 16.8 Å². The average Bonchev–Trinajstić information content (AvgIpc) is 3.15. The summed E-state index contributed by atoms with van der Waals surface area (Å²) in [5.74, 6) is 0.201. The van der Waals surface area contributed by atoms with E-state index in [1.54, 1.807) is 13.8 Å². The minimum atomic E-state index is -3.28. The Bertz CT molecular complexity index is 1080. The van der Waals surface area contributed by atoms with Crippen LogP contribution in [0.15, 0.2) is 48.5 Å². The molecule has 8 heteroatoms. The van der Waals surface area contributed by atoms with Gasteiger partial charge in [0.2, 0.25) is 20.0 Å². The van der Waals surface area contributed by atoms with Gasteiger partial charge in [0.05, 0.1) is 11.5 Å². The summed E-state index contributed by atoms with van der Waals surface area (Å²) in [4.78, 5) is 0. The van der Waals surface area contributed by atoms with Crippen molar-refractivity contribution in [3.05, 3.63) is 59.7 Å². The van der Waals surface area contributed by atoms with E-state index < -0.39 is 25.3 Å². The predicted octanol–water partition coefficient (Wildman–Crippen LogP) is 3.41. The average molecular weight is 465 g/mol. The maximum Gasteiger partial charge on any atom is 0.214 e. The molecule has 0 spiro atoms. The summed E-state index contributed by atoms with van der Waals surface area (Å²) in [6.45, 7) is 3.79. The Kier molecular flexibility index (Phi) is 7.57. The van der Waals surface area contributed by atoms with Crippen molar-refractivity contribution >= 4 is 20.0 Å². The van der Waals surface area contributed by atoms with Crippen molar-refractivity contribution in [1.82, 2.24) is 9.44 Å². The molecule has 0 bridgehead atoms. The van der Waals surface area contributed by atoms with Crippen LogP contribution in [0, 0.1) is 0 Å². The van der Waals surface area contributed by atoms with Gasteiger partial charge in [-0.3, -0.25) is 0 Å². The lowest BCUT2D eigenvalue weighted by Gasteiger charge is -2.23. The highest BCUT2D eigenvalue weighted by Crippen LogP contribution is 2.36. The van der Waals surface area contributed by atoms with Crippen molar-refractivity contribution in [2.45, 2.75) is 56.7 Å². The summed E-state index contributed by atoms with van der Waals surface area (Å²) in [6.07, 6.45) is 4.68. The number of hydrogen-bond acceptors (Lipinski definition) is 4. The van der Waals surface area contributed by atoms with E-state index >= 15 is 0 Å². The summed E-state index contributed by atoms with van der Waals surface area (Å²) in [6, 6.07) is 16.4. The Morgan fingerprint density at radius 2 is 1.48 bits per heavy atom. The highest BCUT2D eigenvalue weighted by molar-refractivity contribution is 7.90. The van der Waals surface area contributed by atoms with Crippen LogP contribution in [0.3, 0.4) is 0 Å². The topological polar surface area (TPSA) is 92.3 Å². The van der Waals surface area contributed by atoms with Gasteiger partial charge in [0.15, 0.2) is 0 Å². The lowest BCUT2D eigenvalue weighted by Crippen LogP contribution is -2.40. The molecule has 0 amide bonds. The first-order chi connectivity index (χ1) is 14.5. The van der Waals surface area contributed by atoms with Gasteiger partial charge in [-0.25, -0.2) is 26.3 Å². The van der Waals surface area contributed by atoms with Gasteiger partial charge in [0, 0.05) is 18.5 Å². The van der Waals surface area contributed by atoms with Crippen LogP contribution in [-0.4, -0.2) is 40.9 Å². The maximum atomic E-state index is 12.3. The number of sulfonamides is 2. The first-order valence-electron chi connectivity index (χ1n) is 10.7. The van der Waals surface area contributed by atoms with Gasteiger partial charge in [-0.05, 0) is 55.4 Å². The minimum absolute atomic E-state index is 0.0434. The fourth-order valence-corrected chi connectivity index (χ4v) is 5.46. The van der Waals surface area contributed by atoms with E-state index in [0.717, 1.165) is 42.2 Å². The number of hydrogen-bond donors (Lipinski definition) is 2. The van der Waals surface area contributed by atoms with Crippen LogP contribution in [0.5, 0.6) is 0 Å². The third-order valence-electron chi connectivity index (χ3n) is 5.86. The van der Waals surface area contributed by atoms with Crippen molar-refractivity contribution in [3.8, 4) is 11.1 Å². The molecule has 1 aliphatic rings. The molecule has 0 aliphatic heterocycles. The van der Waals surface area contributed by atoms with Gasteiger partial charge in [0.1, 0.15) is 0 Å². The molecule has 2 atom stereocenters. The monoisotopic (exact) mass is 464 g/mol. The predicted molar refractivity (Wildman–Crippen MR) is 126 cm³/mol. The standard InChI is InChI=1S/C23H32N2O4S2/c1-17(2)31(28,29)25-23-6-4-5-22(23)21-13-11-20(12-14-21)19-9-7-18(8-10-19)15-16-24-30(3,26)27/h7-14,17,22-25H,4-6,15-16H2,1-3H3. The summed E-state index contributed by atoms with van der Waals surface area (Å²) in [5.41, 5.74) is 4.43. The third kappa shape index (κ3) is 6.62. The number of nitrogens with one attached hydrogen (secondary N) is 2. The van der Waals surface area contributed by atoms with Crippen LogP contribution >= 0.6 is 0 Å². The van der Waals surface area contributed by atoms with Crippen LogP contribution in [0.4, 0.5) is 0 Å². The van der Waals surface area contributed by atoms with Crippen molar-refractivity contribution in [2.75, 3.05) is 12.8 Å². The number of benzene rings is 2. The minimum Gasteiger partial charge on any atom is -0.215 e. The molecule has 0 radical (unpaired) electrons. The molecule has 0 saturated heterocycles. The second kappa shape index (κ2) is 9.81. The van der Waals surface area contributed by atoms with Crippen molar-refractivity contribution in [1.29, 1.82) is 0 Å². The molecule has 3 rings (SSSR count). The van der Waals surface area contributed by atoms with E-state index in [1.165, 1.54) is 5.56 Å². The Hall–Kier alpha value is -1.74. The van der Waals surface area contributed by atoms with Crippen molar-refractivity contribution in [3.63, 3.8) is 0 Å². The Balaban J connectivity index is 1.66. The van der Waals surface area contributed by atoms with Gasteiger partial charge in [0.25, 0.3) is 0 Å². The largest absolute Gasteiger partial charge is 0.215 e. The van der Waals surface area contributed by atoms with E-state index in [2.05, 4.69) is 33.7 Å². The molecule has 6 nitrogen and oxygen atoms in total. The van der Waals surface area contributed by atoms with Crippen LogP contribution in [-0.2, 0) is 26.5 Å². The van der Waals surface area contributed by atoms with Crippen LogP contribution in [0.1, 0.15) is 50.2 Å². The molecule has 2 unspecified atom stereocenters.